The van der Waals surface area contributed by atoms with Gasteiger partial charge in [-0.25, -0.2) is 8.42 Å². The van der Waals surface area contributed by atoms with E-state index in [4.69, 9.17) is 0 Å². The minimum atomic E-state index is -2.95. The maximum absolute atomic E-state index is 12.4. The van der Waals surface area contributed by atoms with Gasteiger partial charge in [0.2, 0.25) is 5.91 Å². The van der Waals surface area contributed by atoms with E-state index < -0.39 is 9.84 Å². The first kappa shape index (κ1) is 13.4. The van der Waals surface area contributed by atoms with E-state index in [-0.39, 0.29) is 23.3 Å². The molecule has 2 heterocycles. The molecule has 1 atom stereocenters. The lowest BCUT2D eigenvalue weighted by Gasteiger charge is -2.33. The third kappa shape index (κ3) is 2.67. The smallest absolute Gasteiger partial charge is 0.226 e. The molecule has 1 spiro atoms. The van der Waals surface area contributed by atoms with Crippen molar-refractivity contribution < 1.29 is 13.2 Å². The zero-order chi connectivity index (χ0) is 13.5. The molecule has 108 valence electrons. The van der Waals surface area contributed by atoms with Crippen LogP contribution >= 0.6 is 0 Å². The highest BCUT2D eigenvalue weighted by Crippen LogP contribution is 2.44. The number of nitrogens with zero attached hydrogens (tertiary/aromatic N) is 1. The fourth-order valence-corrected chi connectivity index (χ4v) is 5.81. The van der Waals surface area contributed by atoms with Crippen LogP contribution in [0.4, 0.5) is 0 Å². The minimum Gasteiger partial charge on any atom is -0.342 e. The van der Waals surface area contributed by atoms with Gasteiger partial charge in [0.15, 0.2) is 9.84 Å². The standard InChI is InChI=1S/C14H23NO3S/c16-13(12-4-9-19(17,18)10-12)15-8-7-14(11-15)5-2-1-3-6-14/h12H,1-11H2. The SMILES string of the molecule is O=C(C1CCS(=O)(=O)C1)N1CCC2(CCCCC2)C1. The van der Waals surface area contributed by atoms with E-state index in [1.54, 1.807) is 0 Å². The van der Waals surface area contributed by atoms with Gasteiger partial charge in [0.05, 0.1) is 17.4 Å². The third-order valence-corrected chi connectivity index (χ3v) is 7.01. The van der Waals surface area contributed by atoms with Crippen molar-refractivity contribution in [2.45, 2.75) is 44.9 Å². The van der Waals surface area contributed by atoms with Gasteiger partial charge in [0.1, 0.15) is 0 Å². The molecule has 2 saturated heterocycles. The molecule has 1 saturated carbocycles. The van der Waals surface area contributed by atoms with Gasteiger partial charge in [-0.3, -0.25) is 4.79 Å². The van der Waals surface area contributed by atoms with Gasteiger partial charge < -0.3 is 4.90 Å². The lowest BCUT2D eigenvalue weighted by Crippen LogP contribution is -2.37. The van der Waals surface area contributed by atoms with E-state index in [0.717, 1.165) is 19.5 Å². The van der Waals surface area contributed by atoms with Crippen LogP contribution in [0.3, 0.4) is 0 Å². The first-order valence-corrected chi connectivity index (χ1v) is 9.31. The average molecular weight is 285 g/mol. The highest BCUT2D eigenvalue weighted by Gasteiger charge is 2.43. The highest BCUT2D eigenvalue weighted by molar-refractivity contribution is 7.91. The van der Waals surface area contributed by atoms with Crippen LogP contribution in [0.5, 0.6) is 0 Å². The summed E-state index contributed by atoms with van der Waals surface area (Å²) in [6, 6.07) is 0. The Morgan fingerprint density at radius 2 is 1.84 bits per heavy atom. The molecule has 3 rings (SSSR count). The summed E-state index contributed by atoms with van der Waals surface area (Å²) in [6.07, 6.45) is 8.07. The predicted octanol–water partition coefficient (Wildman–Crippen LogP) is 1.60. The number of likely N-dealkylation sites (tertiary alicyclic amines) is 1. The summed E-state index contributed by atoms with van der Waals surface area (Å²) in [7, 11) is -2.95. The van der Waals surface area contributed by atoms with Crippen LogP contribution in [-0.4, -0.2) is 43.8 Å². The molecule has 19 heavy (non-hydrogen) atoms. The Morgan fingerprint density at radius 3 is 2.47 bits per heavy atom. The normalized spacial score (nSPS) is 32.8. The molecular formula is C14H23NO3S. The Morgan fingerprint density at radius 1 is 1.11 bits per heavy atom. The van der Waals surface area contributed by atoms with Crippen molar-refractivity contribution in [3.63, 3.8) is 0 Å². The van der Waals surface area contributed by atoms with Crippen molar-refractivity contribution in [3.8, 4) is 0 Å². The molecule has 1 amide bonds. The summed E-state index contributed by atoms with van der Waals surface area (Å²) in [5.74, 6) is 0.116. The molecule has 0 aromatic carbocycles. The molecule has 0 radical (unpaired) electrons. The molecular weight excluding hydrogens is 262 g/mol. The lowest BCUT2D eigenvalue weighted by molar-refractivity contribution is -0.134. The molecule has 4 nitrogen and oxygen atoms in total. The monoisotopic (exact) mass is 285 g/mol. The molecule has 2 aliphatic heterocycles. The van der Waals surface area contributed by atoms with E-state index >= 15 is 0 Å². The van der Waals surface area contributed by atoms with Crippen molar-refractivity contribution in [2.75, 3.05) is 24.6 Å². The van der Waals surface area contributed by atoms with Crippen molar-refractivity contribution >= 4 is 15.7 Å². The molecule has 3 aliphatic rings. The molecule has 1 unspecified atom stereocenters. The topological polar surface area (TPSA) is 54.5 Å². The zero-order valence-corrected chi connectivity index (χ0v) is 12.3. The Balaban J connectivity index is 1.63. The van der Waals surface area contributed by atoms with Gasteiger partial charge in [-0.15, -0.1) is 0 Å². The predicted molar refractivity (Wildman–Crippen MR) is 73.5 cm³/mol. The van der Waals surface area contributed by atoms with Crippen molar-refractivity contribution in [1.82, 2.24) is 4.90 Å². The average Bonchev–Trinajstić information content (AvgIpc) is 2.94. The first-order chi connectivity index (χ1) is 9.00. The van der Waals surface area contributed by atoms with E-state index in [1.807, 2.05) is 4.90 Å². The maximum atomic E-state index is 12.4. The fourth-order valence-electron chi connectivity index (χ4n) is 4.08. The van der Waals surface area contributed by atoms with Crippen molar-refractivity contribution in [1.29, 1.82) is 0 Å². The Bertz CT molecular complexity index is 465. The zero-order valence-electron chi connectivity index (χ0n) is 11.4. The maximum Gasteiger partial charge on any atom is 0.226 e. The number of carbonyl (C=O) groups excluding carboxylic acids is 1. The minimum absolute atomic E-state index is 0.0787. The largest absolute Gasteiger partial charge is 0.342 e. The third-order valence-electron chi connectivity index (χ3n) is 5.25. The molecule has 1 aliphatic carbocycles. The molecule has 0 N–H and O–H groups in total. The van der Waals surface area contributed by atoms with E-state index in [2.05, 4.69) is 0 Å². The highest BCUT2D eigenvalue weighted by atomic mass is 32.2. The summed E-state index contributed by atoms with van der Waals surface area (Å²) in [5.41, 5.74) is 0.366. The summed E-state index contributed by atoms with van der Waals surface area (Å²) in [4.78, 5) is 14.4. The van der Waals surface area contributed by atoms with Crippen LogP contribution in [0.2, 0.25) is 0 Å². The second kappa shape index (κ2) is 4.76. The van der Waals surface area contributed by atoms with Crippen LogP contribution in [0.15, 0.2) is 0 Å². The van der Waals surface area contributed by atoms with Gasteiger partial charge in [-0.1, -0.05) is 19.3 Å². The van der Waals surface area contributed by atoms with Gasteiger partial charge in [0, 0.05) is 13.1 Å². The molecule has 0 aromatic heterocycles. The lowest BCUT2D eigenvalue weighted by atomic mass is 9.73. The number of hydrogen-bond donors (Lipinski definition) is 0. The summed E-state index contributed by atoms with van der Waals surface area (Å²) < 4.78 is 23.0. The summed E-state index contributed by atoms with van der Waals surface area (Å²) in [6.45, 7) is 1.72. The van der Waals surface area contributed by atoms with Gasteiger partial charge >= 0.3 is 0 Å². The number of rotatable bonds is 1. The van der Waals surface area contributed by atoms with Crippen LogP contribution in [-0.2, 0) is 14.6 Å². The quantitative estimate of drug-likeness (QED) is 0.735. The number of sulfone groups is 1. The molecule has 5 heteroatoms. The van der Waals surface area contributed by atoms with Gasteiger partial charge in [-0.2, -0.15) is 0 Å². The molecule has 3 fully saturated rings. The first-order valence-electron chi connectivity index (χ1n) is 7.49. The van der Waals surface area contributed by atoms with E-state index in [0.29, 0.717) is 11.8 Å². The summed E-state index contributed by atoms with van der Waals surface area (Å²) in [5, 5.41) is 0. The number of amides is 1. The number of hydrogen-bond acceptors (Lipinski definition) is 3. The Labute approximate surface area is 115 Å². The van der Waals surface area contributed by atoms with Crippen LogP contribution in [0, 0.1) is 11.3 Å². The molecule has 0 aromatic rings. The van der Waals surface area contributed by atoms with Crippen molar-refractivity contribution in [2.24, 2.45) is 11.3 Å². The summed E-state index contributed by atoms with van der Waals surface area (Å²) >= 11 is 0. The van der Waals surface area contributed by atoms with Crippen LogP contribution < -0.4 is 0 Å². The van der Waals surface area contributed by atoms with Crippen LogP contribution in [0.1, 0.15) is 44.9 Å². The number of carbonyl (C=O) groups is 1. The van der Waals surface area contributed by atoms with Crippen molar-refractivity contribution in [3.05, 3.63) is 0 Å². The molecule has 0 bridgehead atoms. The fraction of sp³-hybridized carbons (Fsp3) is 0.929. The Hall–Kier alpha value is -0.580. The van der Waals surface area contributed by atoms with Gasteiger partial charge in [-0.05, 0) is 31.1 Å². The Kier molecular flexibility index (Phi) is 3.36. The second-order valence-corrected chi connectivity index (χ2v) is 8.90. The van der Waals surface area contributed by atoms with Gasteiger partial charge in [0.25, 0.3) is 0 Å². The second-order valence-electron chi connectivity index (χ2n) is 6.67. The van der Waals surface area contributed by atoms with E-state index in [1.165, 1.54) is 32.1 Å². The van der Waals surface area contributed by atoms with Crippen LogP contribution in [0.25, 0.3) is 0 Å². The van der Waals surface area contributed by atoms with E-state index in [9.17, 15) is 13.2 Å².